The summed E-state index contributed by atoms with van der Waals surface area (Å²) in [5, 5.41) is 0. The molecule has 2 amide bonds. The Morgan fingerprint density at radius 2 is 1.80 bits per heavy atom. The minimum Gasteiger partial charge on any atom is -0.494 e. The van der Waals surface area contributed by atoms with E-state index in [9.17, 15) is 14.4 Å². The Balaban J connectivity index is 1.33. The second kappa shape index (κ2) is 15.9. The number of aryl methyl sites for hydroxylation is 2. The maximum Gasteiger partial charge on any atom is 0.260 e. The Hall–Kier alpha value is -5.03. The fourth-order valence-electron chi connectivity index (χ4n) is 6.29. The molecule has 0 aliphatic carbocycles. The van der Waals surface area contributed by atoms with Crippen molar-refractivity contribution in [2.75, 3.05) is 58.9 Å². The number of hydrogen-bond acceptors (Lipinski definition) is 9. The number of nitrogens with two attached hydrogens (primary N) is 1. The van der Waals surface area contributed by atoms with Gasteiger partial charge in [-0.1, -0.05) is 18.2 Å². The van der Waals surface area contributed by atoms with Gasteiger partial charge in [0, 0.05) is 57.8 Å². The molecule has 1 fully saturated rings. The number of hydrogen-bond donors (Lipinski definition) is 1. The molecule has 0 saturated carbocycles. The molecule has 2 heterocycles. The van der Waals surface area contributed by atoms with E-state index in [1.165, 1.54) is 12.0 Å². The third kappa shape index (κ3) is 7.67. The molecule has 1 aliphatic heterocycles. The first-order valence-corrected chi connectivity index (χ1v) is 16.6. The summed E-state index contributed by atoms with van der Waals surface area (Å²) >= 11 is 0. The summed E-state index contributed by atoms with van der Waals surface area (Å²) in [6, 6.07) is 14.8. The van der Waals surface area contributed by atoms with Crippen LogP contribution in [0.4, 0.5) is 11.4 Å². The van der Waals surface area contributed by atoms with E-state index in [0.29, 0.717) is 35.9 Å². The van der Waals surface area contributed by atoms with Crippen LogP contribution < -0.4 is 20.1 Å². The van der Waals surface area contributed by atoms with Crippen LogP contribution in [0, 0.1) is 6.92 Å². The molecular formula is C37H45N7O5. The number of unbranched alkanes of at least 4 members (excludes halogenated alkanes) is 2. The molecule has 258 valence electrons. The van der Waals surface area contributed by atoms with Gasteiger partial charge >= 0.3 is 0 Å². The molecule has 4 aromatic rings. The fraction of sp³-hybridized carbons (Fsp3) is 0.405. The molecule has 12 heteroatoms. The summed E-state index contributed by atoms with van der Waals surface area (Å²) in [5.74, 6) is 1.35. The standard InChI is InChI=1S/C37H45N7O5/c1-25-13-16-30(31(22-25)49-21-8-6-7-12-33(46)44-19-17-41(2)18-20-44)42(3)37(47)28-15-14-27(36(48-5)34(28)39-24-45)26-10-9-11-29-35(26)43(4)32(23-38)40-29/h9-11,13-16,22H,6-8,12,17-21,23,38H2,1-5H3. The van der Waals surface area contributed by atoms with Crippen LogP contribution in [0.2, 0.25) is 0 Å². The van der Waals surface area contributed by atoms with Crippen LogP contribution in [-0.4, -0.2) is 91.2 Å². The molecule has 12 nitrogen and oxygen atoms in total. The molecule has 49 heavy (non-hydrogen) atoms. The van der Waals surface area contributed by atoms with Gasteiger partial charge in [0.25, 0.3) is 5.91 Å². The molecule has 0 spiro atoms. The smallest absolute Gasteiger partial charge is 0.260 e. The molecule has 5 rings (SSSR count). The molecule has 1 aromatic heterocycles. The van der Waals surface area contributed by atoms with Crippen LogP contribution >= 0.6 is 0 Å². The number of methoxy groups -OCH3 is 1. The number of carbonyl (C=O) groups excluding carboxylic acids is 3. The van der Waals surface area contributed by atoms with E-state index >= 15 is 0 Å². The molecule has 0 radical (unpaired) electrons. The lowest BCUT2D eigenvalue weighted by Crippen LogP contribution is -2.47. The number of rotatable bonds is 13. The van der Waals surface area contributed by atoms with E-state index in [4.69, 9.17) is 15.2 Å². The molecule has 1 saturated heterocycles. The third-order valence-electron chi connectivity index (χ3n) is 9.11. The van der Waals surface area contributed by atoms with E-state index in [-0.39, 0.29) is 29.5 Å². The third-order valence-corrected chi connectivity index (χ3v) is 9.11. The number of piperazine rings is 1. The van der Waals surface area contributed by atoms with Gasteiger partial charge < -0.3 is 34.5 Å². The van der Waals surface area contributed by atoms with Crippen LogP contribution in [0.3, 0.4) is 0 Å². The average molecular weight is 668 g/mol. The number of fused-ring (bicyclic) bond motifs is 1. The molecular weight excluding hydrogens is 622 g/mol. The maximum absolute atomic E-state index is 14.1. The van der Waals surface area contributed by atoms with Gasteiger partial charge in [-0.15, -0.1) is 0 Å². The van der Waals surface area contributed by atoms with Crippen molar-refractivity contribution < 1.29 is 23.9 Å². The van der Waals surface area contributed by atoms with E-state index in [0.717, 1.165) is 67.6 Å². The van der Waals surface area contributed by atoms with Crippen molar-refractivity contribution in [3.05, 3.63) is 65.5 Å². The first kappa shape index (κ1) is 35.3. The zero-order chi connectivity index (χ0) is 35.1. The SMILES string of the molecule is COc1c(-c2cccc3nc(CN)n(C)c23)ccc(C(=O)N(C)c2ccc(C)cc2OCCCCCC(=O)N2CCN(C)CC2)c1N=C=O. The molecule has 1 aliphatic rings. The van der Waals surface area contributed by atoms with E-state index in [2.05, 4.69) is 21.9 Å². The number of aliphatic imine (C=N–C) groups is 1. The highest BCUT2D eigenvalue weighted by molar-refractivity contribution is 6.11. The minimum atomic E-state index is -0.404. The van der Waals surface area contributed by atoms with Gasteiger partial charge in [0.1, 0.15) is 17.3 Å². The van der Waals surface area contributed by atoms with Crippen LogP contribution in [0.5, 0.6) is 11.5 Å². The Morgan fingerprint density at radius 3 is 2.51 bits per heavy atom. The topological polar surface area (TPSA) is 136 Å². The highest BCUT2D eigenvalue weighted by Gasteiger charge is 2.26. The monoisotopic (exact) mass is 667 g/mol. The highest BCUT2D eigenvalue weighted by atomic mass is 16.5. The van der Waals surface area contributed by atoms with Crippen molar-refractivity contribution in [1.29, 1.82) is 0 Å². The number of para-hydroxylation sites is 1. The number of anilines is 1. The molecule has 2 N–H and O–H groups in total. The number of likely N-dealkylation sites (N-methyl/N-ethyl adjacent to an activating group) is 1. The zero-order valence-electron chi connectivity index (χ0n) is 29.0. The largest absolute Gasteiger partial charge is 0.494 e. The van der Waals surface area contributed by atoms with E-state index in [1.807, 2.05) is 59.8 Å². The van der Waals surface area contributed by atoms with Gasteiger partial charge in [-0.3, -0.25) is 9.59 Å². The summed E-state index contributed by atoms with van der Waals surface area (Å²) in [6.07, 6.45) is 4.57. The summed E-state index contributed by atoms with van der Waals surface area (Å²) in [6.45, 7) is 6.08. The molecule has 0 atom stereocenters. The van der Waals surface area contributed by atoms with Crippen molar-refractivity contribution in [3.63, 3.8) is 0 Å². The fourth-order valence-corrected chi connectivity index (χ4v) is 6.29. The predicted octanol–water partition coefficient (Wildman–Crippen LogP) is 4.97. The first-order chi connectivity index (χ1) is 23.7. The molecule has 3 aromatic carbocycles. The first-order valence-electron chi connectivity index (χ1n) is 16.6. The molecule has 0 bridgehead atoms. The summed E-state index contributed by atoms with van der Waals surface area (Å²) in [4.78, 5) is 52.6. The minimum absolute atomic E-state index is 0.0748. The molecule has 0 unspecified atom stereocenters. The van der Waals surface area contributed by atoms with Crippen molar-refractivity contribution in [3.8, 4) is 22.6 Å². The number of carbonyl (C=O) groups is 2. The van der Waals surface area contributed by atoms with E-state index < -0.39 is 5.91 Å². The van der Waals surface area contributed by atoms with Crippen molar-refractivity contribution in [1.82, 2.24) is 19.4 Å². The number of nitrogens with zero attached hydrogens (tertiary/aromatic N) is 6. The Morgan fingerprint density at radius 1 is 1.02 bits per heavy atom. The number of ether oxygens (including phenoxy) is 2. The number of amides is 2. The number of isocyanates is 1. The van der Waals surface area contributed by atoms with Crippen molar-refractivity contribution in [2.24, 2.45) is 17.8 Å². The zero-order valence-corrected chi connectivity index (χ0v) is 29.0. The van der Waals surface area contributed by atoms with Crippen molar-refractivity contribution in [2.45, 2.75) is 39.2 Å². The normalized spacial score (nSPS) is 13.3. The Kier molecular flexibility index (Phi) is 11.5. The Bertz CT molecular complexity index is 1870. The predicted molar refractivity (Wildman–Crippen MR) is 190 cm³/mol. The summed E-state index contributed by atoms with van der Waals surface area (Å²) < 4.78 is 13.9. The quantitative estimate of drug-likeness (QED) is 0.120. The summed E-state index contributed by atoms with van der Waals surface area (Å²) in [5.41, 5.74) is 10.7. The van der Waals surface area contributed by atoms with Crippen LogP contribution in [0.25, 0.3) is 22.2 Å². The van der Waals surface area contributed by atoms with Gasteiger partial charge in [-0.05, 0) is 69.1 Å². The van der Waals surface area contributed by atoms with Crippen LogP contribution in [-0.2, 0) is 23.2 Å². The van der Waals surface area contributed by atoms with Gasteiger partial charge in [0.15, 0.2) is 5.75 Å². The second-order valence-corrected chi connectivity index (χ2v) is 12.4. The van der Waals surface area contributed by atoms with Gasteiger partial charge in [0.2, 0.25) is 12.0 Å². The second-order valence-electron chi connectivity index (χ2n) is 12.4. The van der Waals surface area contributed by atoms with Gasteiger partial charge in [0.05, 0.1) is 42.5 Å². The van der Waals surface area contributed by atoms with Crippen LogP contribution in [0.1, 0.15) is 47.4 Å². The number of aromatic nitrogens is 2. The Labute approximate surface area is 287 Å². The lowest BCUT2D eigenvalue weighted by Gasteiger charge is -2.32. The van der Waals surface area contributed by atoms with Crippen molar-refractivity contribution >= 4 is 40.3 Å². The summed E-state index contributed by atoms with van der Waals surface area (Å²) in [7, 11) is 7.10. The maximum atomic E-state index is 14.1. The lowest BCUT2D eigenvalue weighted by molar-refractivity contribution is -0.132. The average Bonchev–Trinajstić information content (AvgIpc) is 3.44. The van der Waals surface area contributed by atoms with Gasteiger partial charge in [-0.25, -0.2) is 9.78 Å². The van der Waals surface area contributed by atoms with Gasteiger partial charge in [-0.2, -0.15) is 4.99 Å². The number of benzene rings is 3. The van der Waals surface area contributed by atoms with Crippen LogP contribution in [0.15, 0.2) is 53.5 Å². The number of imidazole rings is 1. The van der Waals surface area contributed by atoms with E-state index in [1.54, 1.807) is 25.3 Å². The lowest BCUT2D eigenvalue weighted by atomic mass is 9.98. The highest BCUT2D eigenvalue weighted by Crippen LogP contribution is 2.44.